The molecule has 1 N–H and O–H groups in total. The number of aromatic amines is 1. The number of nitrogens with one attached hydrogen (secondary N) is 1. The van der Waals surface area contributed by atoms with Gasteiger partial charge >= 0.3 is 0 Å². The van der Waals surface area contributed by atoms with Gasteiger partial charge in [0.2, 0.25) is 0 Å². The number of thiol groups is 1. The summed E-state index contributed by atoms with van der Waals surface area (Å²) < 4.78 is 0. The summed E-state index contributed by atoms with van der Waals surface area (Å²) in [5.41, 5.74) is 0. The first-order valence-corrected chi connectivity index (χ1v) is 2.94. The minimum absolute atomic E-state index is 0.694. The highest BCUT2D eigenvalue weighted by atomic mass is 32.1. The summed E-state index contributed by atoms with van der Waals surface area (Å²) in [6.07, 6.45) is 0. The number of nitrogens with zero attached hydrogens (tertiary/aromatic N) is 3. The quantitative estimate of drug-likeness (QED) is 0.552. The molecule has 0 fully saturated rings. The van der Waals surface area contributed by atoms with Crippen molar-refractivity contribution in [2.24, 2.45) is 0 Å². The minimum atomic E-state index is 0.694. The maximum absolute atomic E-state index is 4.07. The number of hydrogen-bond acceptors (Lipinski definition) is 4. The fourth-order valence-corrected chi connectivity index (χ4v) is 0.808. The molecule has 1 aromatic heterocycles. The first kappa shape index (κ1) is 6.41. The van der Waals surface area contributed by atoms with Gasteiger partial charge in [-0.1, -0.05) is 5.21 Å². The zero-order valence-corrected chi connectivity index (χ0v) is 6.18. The molecule has 0 aliphatic heterocycles. The van der Waals surface area contributed by atoms with Crippen molar-refractivity contribution >= 4 is 18.4 Å². The third-order valence-corrected chi connectivity index (χ3v) is 1.24. The molecule has 1 rings (SSSR count). The second-order valence-electron chi connectivity index (χ2n) is 1.88. The van der Waals surface area contributed by atoms with Crippen LogP contribution < -0.4 is 4.90 Å². The van der Waals surface area contributed by atoms with Crippen LogP contribution in [-0.4, -0.2) is 29.5 Å². The van der Waals surface area contributed by atoms with Crippen molar-refractivity contribution < 1.29 is 0 Å². The molecular weight excluding hydrogens is 136 g/mol. The molecule has 0 spiro atoms. The first-order valence-electron chi connectivity index (χ1n) is 2.49. The Morgan fingerprint density at radius 2 is 2.22 bits per heavy atom. The lowest BCUT2D eigenvalue weighted by Crippen LogP contribution is -2.09. The highest BCUT2D eigenvalue weighted by molar-refractivity contribution is 7.80. The average Bonchev–Trinajstić information content (AvgIpc) is 2.13. The van der Waals surface area contributed by atoms with E-state index >= 15 is 0 Å². The summed E-state index contributed by atoms with van der Waals surface area (Å²) in [5.74, 6) is 0.762. The molecule has 50 valence electrons. The van der Waals surface area contributed by atoms with Crippen LogP contribution in [0.25, 0.3) is 0 Å². The third-order valence-electron chi connectivity index (χ3n) is 0.936. The molecule has 0 aromatic carbocycles. The van der Waals surface area contributed by atoms with E-state index in [9.17, 15) is 0 Å². The van der Waals surface area contributed by atoms with E-state index in [-0.39, 0.29) is 0 Å². The van der Waals surface area contributed by atoms with Crippen LogP contribution in [0.5, 0.6) is 0 Å². The Kier molecular flexibility index (Phi) is 1.61. The summed E-state index contributed by atoms with van der Waals surface area (Å²) in [5, 5.41) is 10.6. The summed E-state index contributed by atoms with van der Waals surface area (Å²) in [7, 11) is 3.77. The van der Waals surface area contributed by atoms with E-state index in [1.165, 1.54) is 0 Å². The van der Waals surface area contributed by atoms with Crippen molar-refractivity contribution in [1.29, 1.82) is 0 Å². The Labute approximate surface area is 58.7 Å². The molecule has 0 amide bonds. The second-order valence-corrected chi connectivity index (χ2v) is 2.33. The van der Waals surface area contributed by atoms with Gasteiger partial charge in [0.05, 0.1) is 0 Å². The molecule has 0 saturated heterocycles. The van der Waals surface area contributed by atoms with E-state index in [0.717, 1.165) is 5.82 Å². The molecule has 0 bridgehead atoms. The topological polar surface area (TPSA) is 44.8 Å². The average molecular weight is 144 g/mol. The van der Waals surface area contributed by atoms with E-state index in [4.69, 9.17) is 0 Å². The maximum atomic E-state index is 4.07. The number of H-pyrrole nitrogens is 1. The van der Waals surface area contributed by atoms with Crippen LogP contribution >= 0.6 is 12.6 Å². The van der Waals surface area contributed by atoms with Gasteiger partial charge in [0.15, 0.2) is 5.82 Å². The Morgan fingerprint density at radius 1 is 1.56 bits per heavy atom. The van der Waals surface area contributed by atoms with Gasteiger partial charge in [-0.15, -0.1) is 17.7 Å². The van der Waals surface area contributed by atoms with Gasteiger partial charge < -0.3 is 4.90 Å². The zero-order valence-electron chi connectivity index (χ0n) is 5.29. The van der Waals surface area contributed by atoms with Gasteiger partial charge in [-0.3, -0.25) is 0 Å². The number of rotatable bonds is 1. The largest absolute Gasteiger partial charge is 0.359 e. The van der Waals surface area contributed by atoms with E-state index in [2.05, 4.69) is 28.0 Å². The van der Waals surface area contributed by atoms with Gasteiger partial charge in [0.1, 0.15) is 5.03 Å². The SMILES string of the molecule is CN(C)c1nn[nH]c1S. The molecule has 0 saturated carbocycles. The van der Waals surface area contributed by atoms with E-state index < -0.39 is 0 Å². The summed E-state index contributed by atoms with van der Waals surface area (Å²) in [4.78, 5) is 1.84. The van der Waals surface area contributed by atoms with Crippen LogP contribution in [0.1, 0.15) is 0 Å². The molecule has 5 heteroatoms. The van der Waals surface area contributed by atoms with Crippen molar-refractivity contribution in [3.8, 4) is 0 Å². The summed E-state index contributed by atoms with van der Waals surface area (Å²) in [6.45, 7) is 0. The lowest BCUT2D eigenvalue weighted by molar-refractivity contribution is 0.909. The van der Waals surface area contributed by atoms with Crippen LogP contribution in [-0.2, 0) is 0 Å². The van der Waals surface area contributed by atoms with Crippen LogP contribution in [0.4, 0.5) is 5.82 Å². The van der Waals surface area contributed by atoms with Crippen molar-refractivity contribution in [1.82, 2.24) is 15.4 Å². The summed E-state index contributed by atoms with van der Waals surface area (Å²) >= 11 is 4.07. The third kappa shape index (κ3) is 1.16. The lowest BCUT2D eigenvalue weighted by atomic mass is 10.7. The Balaban J connectivity index is 2.94. The van der Waals surface area contributed by atoms with Gasteiger partial charge in [-0.05, 0) is 0 Å². The van der Waals surface area contributed by atoms with Gasteiger partial charge in [0, 0.05) is 14.1 Å². The normalized spacial score (nSPS) is 9.67. The van der Waals surface area contributed by atoms with E-state index in [1.807, 2.05) is 19.0 Å². The zero-order chi connectivity index (χ0) is 6.85. The highest BCUT2D eigenvalue weighted by Crippen LogP contribution is 2.13. The molecule has 0 unspecified atom stereocenters. The molecule has 0 atom stereocenters. The standard InChI is InChI=1S/C4H8N4S/c1-8(2)3-4(9)6-7-5-3/h1-2H3,(H2,5,6,7,9). The predicted octanol–water partition coefficient (Wildman–Crippen LogP) is 0.159. The van der Waals surface area contributed by atoms with Crippen molar-refractivity contribution in [2.45, 2.75) is 5.03 Å². The molecule has 9 heavy (non-hydrogen) atoms. The minimum Gasteiger partial charge on any atom is -0.359 e. The predicted molar refractivity (Wildman–Crippen MR) is 38.0 cm³/mol. The Bertz CT molecular complexity index is 194. The summed E-state index contributed by atoms with van der Waals surface area (Å²) in [6, 6.07) is 0. The Hall–Kier alpha value is -0.710. The van der Waals surface area contributed by atoms with Crippen molar-refractivity contribution in [2.75, 3.05) is 19.0 Å². The van der Waals surface area contributed by atoms with E-state index in [0.29, 0.717) is 5.03 Å². The molecule has 0 aliphatic carbocycles. The molecular formula is C4H8N4S. The van der Waals surface area contributed by atoms with Crippen molar-refractivity contribution in [3.63, 3.8) is 0 Å². The number of hydrogen-bond donors (Lipinski definition) is 2. The monoisotopic (exact) mass is 144 g/mol. The van der Waals surface area contributed by atoms with Crippen LogP contribution in [0.2, 0.25) is 0 Å². The van der Waals surface area contributed by atoms with Crippen LogP contribution in [0.3, 0.4) is 0 Å². The van der Waals surface area contributed by atoms with Gasteiger partial charge in [-0.25, -0.2) is 5.10 Å². The van der Waals surface area contributed by atoms with Crippen LogP contribution in [0.15, 0.2) is 5.03 Å². The molecule has 4 nitrogen and oxygen atoms in total. The Morgan fingerprint density at radius 3 is 2.44 bits per heavy atom. The molecule has 1 heterocycles. The molecule has 0 radical (unpaired) electrons. The van der Waals surface area contributed by atoms with Gasteiger partial charge in [-0.2, -0.15) is 0 Å². The highest BCUT2D eigenvalue weighted by Gasteiger charge is 2.02. The number of aromatic nitrogens is 3. The second kappa shape index (κ2) is 2.26. The maximum Gasteiger partial charge on any atom is 0.184 e. The number of anilines is 1. The van der Waals surface area contributed by atoms with Crippen molar-refractivity contribution in [3.05, 3.63) is 0 Å². The fourth-order valence-electron chi connectivity index (χ4n) is 0.518. The smallest absolute Gasteiger partial charge is 0.184 e. The first-order chi connectivity index (χ1) is 4.22. The van der Waals surface area contributed by atoms with Crippen LogP contribution in [0, 0.1) is 0 Å². The lowest BCUT2D eigenvalue weighted by Gasteiger charge is -2.05. The molecule has 0 aliphatic rings. The molecule has 1 aromatic rings. The van der Waals surface area contributed by atoms with E-state index in [1.54, 1.807) is 0 Å². The van der Waals surface area contributed by atoms with Gasteiger partial charge in [0.25, 0.3) is 0 Å². The fraction of sp³-hybridized carbons (Fsp3) is 0.500.